The molecular formula is C28H36N2O7. The standard InChI is InChI=1S/C28H36N2O7/c1-7-15-37-20-11-9-18(10-12-20)25(31)23-24(30(28(33)26(23)32)14-8-13-29(2)3)19-16-21(34-4)27(36-6)22(17-19)35-5/h9-12,16-17,24,31H,7-8,13-15H2,1-6H3/t24-/m0/s1. The van der Waals surface area contributed by atoms with Crippen molar-refractivity contribution in [2.75, 3.05) is 55.1 Å². The fraction of sp³-hybridized carbons (Fsp3) is 0.429. The number of hydrogen-bond acceptors (Lipinski definition) is 8. The quantitative estimate of drug-likeness (QED) is 0.260. The molecule has 1 amide bonds. The molecule has 37 heavy (non-hydrogen) atoms. The normalized spacial score (nSPS) is 16.8. The lowest BCUT2D eigenvalue weighted by molar-refractivity contribution is -0.139. The third-order valence-electron chi connectivity index (χ3n) is 6.15. The van der Waals surface area contributed by atoms with Crippen LogP contribution in [-0.4, -0.2) is 81.7 Å². The number of benzene rings is 2. The van der Waals surface area contributed by atoms with E-state index in [1.54, 1.807) is 36.4 Å². The predicted octanol–water partition coefficient (Wildman–Crippen LogP) is 3.87. The highest BCUT2D eigenvalue weighted by molar-refractivity contribution is 6.46. The summed E-state index contributed by atoms with van der Waals surface area (Å²) < 4.78 is 22.1. The lowest BCUT2D eigenvalue weighted by Crippen LogP contribution is -2.32. The molecule has 0 unspecified atom stereocenters. The van der Waals surface area contributed by atoms with E-state index in [4.69, 9.17) is 18.9 Å². The predicted molar refractivity (Wildman–Crippen MR) is 141 cm³/mol. The number of aliphatic hydroxyl groups is 1. The van der Waals surface area contributed by atoms with Crippen LogP contribution in [-0.2, 0) is 9.59 Å². The highest BCUT2D eigenvalue weighted by Crippen LogP contribution is 2.45. The van der Waals surface area contributed by atoms with Crippen LogP contribution in [0, 0.1) is 0 Å². The Bertz CT molecular complexity index is 1120. The zero-order chi connectivity index (χ0) is 27.1. The highest BCUT2D eigenvalue weighted by atomic mass is 16.5. The van der Waals surface area contributed by atoms with Crippen LogP contribution in [0.4, 0.5) is 0 Å². The van der Waals surface area contributed by atoms with E-state index in [0.29, 0.717) is 53.7 Å². The molecule has 0 aromatic heterocycles. The largest absolute Gasteiger partial charge is 0.507 e. The van der Waals surface area contributed by atoms with Crippen molar-refractivity contribution in [2.24, 2.45) is 0 Å². The van der Waals surface area contributed by atoms with Crippen molar-refractivity contribution in [3.05, 3.63) is 53.1 Å². The van der Waals surface area contributed by atoms with Gasteiger partial charge in [0.1, 0.15) is 11.5 Å². The van der Waals surface area contributed by atoms with Crippen molar-refractivity contribution in [1.29, 1.82) is 0 Å². The summed E-state index contributed by atoms with van der Waals surface area (Å²) in [6.07, 6.45) is 1.51. The number of carbonyl (C=O) groups excluding carboxylic acids is 2. The fourth-order valence-electron chi connectivity index (χ4n) is 4.36. The Labute approximate surface area is 218 Å². The maximum atomic E-state index is 13.3. The number of likely N-dealkylation sites (tertiary alicyclic amines) is 1. The van der Waals surface area contributed by atoms with Gasteiger partial charge in [0.25, 0.3) is 11.7 Å². The Balaban J connectivity index is 2.15. The van der Waals surface area contributed by atoms with Crippen LogP contribution in [0.2, 0.25) is 0 Å². The second kappa shape index (κ2) is 12.5. The maximum absolute atomic E-state index is 13.3. The Kier molecular flexibility index (Phi) is 9.41. The second-order valence-corrected chi connectivity index (χ2v) is 8.98. The van der Waals surface area contributed by atoms with Gasteiger partial charge in [0.2, 0.25) is 5.75 Å². The van der Waals surface area contributed by atoms with Gasteiger partial charge < -0.3 is 33.9 Å². The summed E-state index contributed by atoms with van der Waals surface area (Å²) >= 11 is 0. The number of ketones is 1. The number of hydrogen-bond donors (Lipinski definition) is 1. The lowest BCUT2D eigenvalue weighted by atomic mass is 9.94. The van der Waals surface area contributed by atoms with Crippen LogP contribution in [0.15, 0.2) is 42.0 Å². The van der Waals surface area contributed by atoms with Crippen molar-refractivity contribution in [3.63, 3.8) is 0 Å². The molecule has 1 saturated heterocycles. The van der Waals surface area contributed by atoms with Gasteiger partial charge in [-0.1, -0.05) is 6.92 Å². The molecule has 1 atom stereocenters. The summed E-state index contributed by atoms with van der Waals surface area (Å²) in [5.74, 6) is 0.148. The molecule has 1 heterocycles. The Morgan fingerprint density at radius 1 is 1.00 bits per heavy atom. The summed E-state index contributed by atoms with van der Waals surface area (Å²) in [7, 11) is 8.38. The molecule has 0 radical (unpaired) electrons. The molecule has 0 aliphatic carbocycles. The third kappa shape index (κ3) is 5.99. The summed E-state index contributed by atoms with van der Waals surface area (Å²) in [5.41, 5.74) is 0.974. The first kappa shape index (κ1) is 27.9. The van der Waals surface area contributed by atoms with E-state index < -0.39 is 17.7 Å². The third-order valence-corrected chi connectivity index (χ3v) is 6.15. The first-order valence-electron chi connectivity index (χ1n) is 12.2. The number of amides is 1. The lowest BCUT2D eigenvalue weighted by Gasteiger charge is -2.27. The van der Waals surface area contributed by atoms with Crippen LogP contribution in [0.3, 0.4) is 0 Å². The Morgan fingerprint density at radius 3 is 2.14 bits per heavy atom. The minimum absolute atomic E-state index is 0.00588. The van der Waals surface area contributed by atoms with Crippen LogP contribution >= 0.6 is 0 Å². The van der Waals surface area contributed by atoms with Gasteiger partial charge in [-0.25, -0.2) is 0 Å². The van der Waals surface area contributed by atoms with E-state index in [2.05, 4.69) is 0 Å². The summed E-state index contributed by atoms with van der Waals surface area (Å²) in [6.45, 7) is 3.64. The molecule has 2 aromatic rings. The van der Waals surface area contributed by atoms with Gasteiger partial charge in [0.15, 0.2) is 11.5 Å². The van der Waals surface area contributed by atoms with E-state index in [0.717, 1.165) is 13.0 Å². The van der Waals surface area contributed by atoms with Crippen molar-refractivity contribution < 1.29 is 33.6 Å². The van der Waals surface area contributed by atoms with Gasteiger partial charge in [0.05, 0.1) is 39.6 Å². The van der Waals surface area contributed by atoms with Crippen molar-refractivity contribution in [3.8, 4) is 23.0 Å². The van der Waals surface area contributed by atoms with Crippen molar-refractivity contribution >= 4 is 17.4 Å². The molecule has 200 valence electrons. The minimum Gasteiger partial charge on any atom is -0.507 e. The fourth-order valence-corrected chi connectivity index (χ4v) is 4.36. The van der Waals surface area contributed by atoms with Gasteiger partial charge in [-0.15, -0.1) is 0 Å². The number of ether oxygens (including phenoxy) is 4. The van der Waals surface area contributed by atoms with Gasteiger partial charge in [-0.05, 0) is 75.4 Å². The zero-order valence-corrected chi connectivity index (χ0v) is 22.4. The SMILES string of the molecule is CCCOc1ccc(C(O)=C2C(=O)C(=O)N(CCCN(C)C)[C@H]2c2cc(OC)c(OC)c(OC)c2)cc1. The van der Waals surface area contributed by atoms with Gasteiger partial charge in [0, 0.05) is 12.1 Å². The van der Waals surface area contributed by atoms with Crippen LogP contribution in [0.5, 0.6) is 23.0 Å². The average molecular weight is 513 g/mol. The highest BCUT2D eigenvalue weighted by Gasteiger charge is 2.46. The Morgan fingerprint density at radius 2 is 1.62 bits per heavy atom. The number of carbonyl (C=O) groups is 2. The molecule has 9 heteroatoms. The first-order chi connectivity index (χ1) is 17.8. The number of rotatable bonds is 12. The van der Waals surface area contributed by atoms with Crippen LogP contribution < -0.4 is 18.9 Å². The topological polar surface area (TPSA) is 97.8 Å². The van der Waals surface area contributed by atoms with Crippen LogP contribution in [0.25, 0.3) is 5.76 Å². The summed E-state index contributed by atoms with van der Waals surface area (Å²) in [5, 5.41) is 11.3. The van der Waals surface area contributed by atoms with Gasteiger partial charge in [-0.3, -0.25) is 9.59 Å². The summed E-state index contributed by atoms with van der Waals surface area (Å²) in [4.78, 5) is 30.0. The number of aliphatic hydroxyl groups excluding tert-OH is 1. The molecule has 0 spiro atoms. The Hall–Kier alpha value is -3.72. The molecule has 1 aliphatic rings. The van der Waals surface area contributed by atoms with Crippen molar-refractivity contribution in [2.45, 2.75) is 25.8 Å². The maximum Gasteiger partial charge on any atom is 0.295 e. The van der Waals surface area contributed by atoms with E-state index in [1.807, 2.05) is 25.9 Å². The molecule has 1 N–H and O–H groups in total. The molecule has 0 saturated carbocycles. The number of methoxy groups -OCH3 is 3. The van der Waals surface area contributed by atoms with E-state index in [-0.39, 0.29) is 11.3 Å². The minimum atomic E-state index is -0.841. The molecule has 0 bridgehead atoms. The molecule has 3 rings (SSSR count). The zero-order valence-electron chi connectivity index (χ0n) is 22.4. The summed E-state index contributed by atoms with van der Waals surface area (Å²) in [6, 6.07) is 9.36. The number of nitrogens with zero attached hydrogens (tertiary/aromatic N) is 2. The van der Waals surface area contributed by atoms with Crippen LogP contribution in [0.1, 0.15) is 36.9 Å². The van der Waals surface area contributed by atoms with Gasteiger partial charge in [-0.2, -0.15) is 0 Å². The smallest absolute Gasteiger partial charge is 0.295 e. The molecular weight excluding hydrogens is 476 g/mol. The van der Waals surface area contributed by atoms with E-state index in [9.17, 15) is 14.7 Å². The molecule has 1 fully saturated rings. The molecule has 9 nitrogen and oxygen atoms in total. The first-order valence-corrected chi connectivity index (χ1v) is 12.2. The number of Topliss-reactive ketones (excluding diaryl/α,β-unsaturated/α-hetero) is 1. The van der Waals surface area contributed by atoms with E-state index >= 15 is 0 Å². The molecule has 1 aliphatic heterocycles. The monoisotopic (exact) mass is 512 g/mol. The molecule has 2 aromatic carbocycles. The average Bonchev–Trinajstić information content (AvgIpc) is 3.15. The van der Waals surface area contributed by atoms with E-state index in [1.165, 1.54) is 26.2 Å². The van der Waals surface area contributed by atoms with Crippen molar-refractivity contribution in [1.82, 2.24) is 9.80 Å². The van der Waals surface area contributed by atoms with Gasteiger partial charge >= 0.3 is 0 Å². The second-order valence-electron chi connectivity index (χ2n) is 8.98.